The molecule has 0 aliphatic carbocycles. The first-order valence-corrected chi connectivity index (χ1v) is 5.38. The van der Waals surface area contributed by atoms with Crippen molar-refractivity contribution in [3.63, 3.8) is 0 Å². The van der Waals surface area contributed by atoms with E-state index in [0.29, 0.717) is 22.4 Å². The van der Waals surface area contributed by atoms with E-state index in [4.69, 9.17) is 22.9 Å². The van der Waals surface area contributed by atoms with Gasteiger partial charge in [-0.05, 0) is 12.1 Å². The molecular formula is C12H13ClN6. The third kappa shape index (κ3) is 1.73. The number of para-hydroxylation sites is 2. The molecule has 0 saturated carbocycles. The number of anilines is 4. The zero-order valence-corrected chi connectivity index (χ0v) is 10.7. The van der Waals surface area contributed by atoms with Crippen molar-refractivity contribution < 1.29 is 0 Å². The number of hydrogen-bond acceptors (Lipinski definition) is 6. The monoisotopic (exact) mass is 276 g/mol. The number of nitrogens with zero attached hydrogens (tertiary/aromatic N) is 2. The van der Waals surface area contributed by atoms with Gasteiger partial charge in [-0.2, -0.15) is 0 Å². The number of hydrogen-bond donors (Lipinski definition) is 4. The summed E-state index contributed by atoms with van der Waals surface area (Å²) in [7, 11) is 0. The summed E-state index contributed by atoms with van der Waals surface area (Å²) >= 11 is 0. The van der Waals surface area contributed by atoms with Crippen molar-refractivity contribution >= 4 is 57.2 Å². The topological polar surface area (TPSA) is 130 Å². The van der Waals surface area contributed by atoms with Gasteiger partial charge in [0.05, 0.1) is 33.8 Å². The maximum absolute atomic E-state index is 5.92. The Labute approximate surface area is 115 Å². The first-order valence-electron chi connectivity index (χ1n) is 5.38. The van der Waals surface area contributed by atoms with Crippen LogP contribution in [0.1, 0.15) is 0 Å². The van der Waals surface area contributed by atoms with E-state index in [1.165, 1.54) is 0 Å². The van der Waals surface area contributed by atoms with Crippen LogP contribution in [0.5, 0.6) is 0 Å². The Morgan fingerprint density at radius 3 is 1.37 bits per heavy atom. The lowest BCUT2D eigenvalue weighted by atomic mass is 10.1. The van der Waals surface area contributed by atoms with Gasteiger partial charge in [-0.15, -0.1) is 12.4 Å². The molecule has 0 saturated heterocycles. The number of nitrogen functional groups attached to an aromatic ring is 4. The number of benzene rings is 2. The van der Waals surface area contributed by atoms with Gasteiger partial charge in [0, 0.05) is 0 Å². The maximum atomic E-state index is 5.92. The van der Waals surface area contributed by atoms with Crippen molar-refractivity contribution in [1.82, 2.24) is 9.97 Å². The Morgan fingerprint density at radius 1 is 0.632 bits per heavy atom. The van der Waals surface area contributed by atoms with Crippen molar-refractivity contribution in [3.05, 3.63) is 24.3 Å². The highest BCUT2D eigenvalue weighted by Crippen LogP contribution is 2.37. The highest BCUT2D eigenvalue weighted by Gasteiger charge is 2.14. The summed E-state index contributed by atoms with van der Waals surface area (Å²) in [4.78, 5) is 8.87. The molecule has 0 unspecified atom stereocenters. The smallest absolute Gasteiger partial charge is 0.117 e. The van der Waals surface area contributed by atoms with E-state index in [-0.39, 0.29) is 23.8 Å². The number of halogens is 1. The van der Waals surface area contributed by atoms with Gasteiger partial charge >= 0.3 is 0 Å². The first kappa shape index (κ1) is 13.0. The highest BCUT2D eigenvalue weighted by atomic mass is 35.5. The summed E-state index contributed by atoms with van der Waals surface area (Å²) in [6.07, 6.45) is 0. The average molecular weight is 277 g/mol. The maximum Gasteiger partial charge on any atom is 0.117 e. The van der Waals surface area contributed by atoms with E-state index in [9.17, 15) is 0 Å². The van der Waals surface area contributed by atoms with Gasteiger partial charge in [-0.1, -0.05) is 12.1 Å². The second-order valence-electron chi connectivity index (χ2n) is 4.06. The fraction of sp³-hybridized carbons (Fsp3) is 0. The molecule has 1 heterocycles. The van der Waals surface area contributed by atoms with E-state index in [0.717, 1.165) is 11.0 Å². The van der Waals surface area contributed by atoms with Crippen molar-refractivity contribution in [2.75, 3.05) is 22.9 Å². The summed E-state index contributed by atoms with van der Waals surface area (Å²) in [6, 6.07) is 7.46. The molecule has 98 valence electrons. The predicted octanol–water partition coefficient (Wildman–Crippen LogP) is 1.53. The molecule has 2 aromatic carbocycles. The Morgan fingerprint density at radius 2 is 1.00 bits per heavy atom. The number of nitrogens with two attached hydrogens (primary N) is 4. The van der Waals surface area contributed by atoms with E-state index in [2.05, 4.69) is 9.97 Å². The molecule has 8 N–H and O–H groups in total. The van der Waals surface area contributed by atoms with Gasteiger partial charge in [0.1, 0.15) is 11.0 Å². The minimum absolute atomic E-state index is 0. The van der Waals surface area contributed by atoms with Crippen molar-refractivity contribution in [2.24, 2.45) is 0 Å². The van der Waals surface area contributed by atoms with Gasteiger partial charge in [0.15, 0.2) is 0 Å². The highest BCUT2D eigenvalue weighted by molar-refractivity contribution is 6.09. The van der Waals surface area contributed by atoms with Gasteiger partial charge < -0.3 is 22.9 Å². The fourth-order valence-electron chi connectivity index (χ4n) is 1.92. The normalized spacial score (nSPS) is 10.5. The van der Waals surface area contributed by atoms with Gasteiger partial charge in [-0.3, -0.25) is 0 Å². The molecule has 3 rings (SSSR count). The van der Waals surface area contributed by atoms with E-state index in [1.807, 2.05) is 24.3 Å². The van der Waals surface area contributed by atoms with E-state index >= 15 is 0 Å². The quantitative estimate of drug-likeness (QED) is 0.364. The summed E-state index contributed by atoms with van der Waals surface area (Å²) in [5, 5.41) is 0. The number of aromatic nitrogens is 2. The van der Waals surface area contributed by atoms with E-state index < -0.39 is 0 Å². The molecular weight excluding hydrogens is 264 g/mol. The Kier molecular flexibility index (Phi) is 2.95. The van der Waals surface area contributed by atoms with Crippen LogP contribution in [-0.2, 0) is 0 Å². The standard InChI is InChI=1S/C12H12N6.ClH/c13-7-8(14)10(16)12-11(9(7)15)17-5-3-1-2-4-6(5)18-12;/h1-4H,13-16H2;1H. The zero-order chi connectivity index (χ0) is 12.9. The zero-order valence-electron chi connectivity index (χ0n) is 9.92. The van der Waals surface area contributed by atoms with Gasteiger partial charge in [-0.25, -0.2) is 9.97 Å². The molecule has 3 aromatic rings. The van der Waals surface area contributed by atoms with Crippen LogP contribution in [0.3, 0.4) is 0 Å². The molecule has 0 fully saturated rings. The molecule has 0 bridgehead atoms. The average Bonchev–Trinajstić information content (AvgIpc) is 2.41. The van der Waals surface area contributed by atoms with Crippen molar-refractivity contribution in [2.45, 2.75) is 0 Å². The Hall–Kier alpha value is -2.47. The van der Waals surface area contributed by atoms with Crippen LogP contribution in [0.25, 0.3) is 22.1 Å². The molecule has 6 nitrogen and oxygen atoms in total. The fourth-order valence-corrected chi connectivity index (χ4v) is 1.92. The van der Waals surface area contributed by atoms with Crippen LogP contribution in [-0.4, -0.2) is 9.97 Å². The summed E-state index contributed by atoms with van der Waals surface area (Å²) in [6.45, 7) is 0. The molecule has 0 aliphatic rings. The molecule has 1 aromatic heterocycles. The van der Waals surface area contributed by atoms with E-state index in [1.54, 1.807) is 0 Å². The molecule has 0 amide bonds. The van der Waals surface area contributed by atoms with Crippen molar-refractivity contribution in [3.8, 4) is 0 Å². The van der Waals surface area contributed by atoms with Crippen LogP contribution in [0.15, 0.2) is 24.3 Å². The van der Waals surface area contributed by atoms with Gasteiger partial charge in [0.25, 0.3) is 0 Å². The second kappa shape index (κ2) is 4.33. The molecule has 0 aliphatic heterocycles. The third-order valence-electron chi connectivity index (χ3n) is 2.95. The van der Waals surface area contributed by atoms with Crippen LogP contribution < -0.4 is 22.9 Å². The Balaban J connectivity index is 0.00000133. The third-order valence-corrected chi connectivity index (χ3v) is 2.95. The number of rotatable bonds is 0. The number of fused-ring (bicyclic) bond motifs is 2. The molecule has 0 spiro atoms. The van der Waals surface area contributed by atoms with Crippen molar-refractivity contribution in [1.29, 1.82) is 0 Å². The predicted molar refractivity (Wildman–Crippen MR) is 81.9 cm³/mol. The summed E-state index contributed by atoms with van der Waals surface area (Å²) in [5.74, 6) is 0. The summed E-state index contributed by atoms with van der Waals surface area (Å²) < 4.78 is 0. The lowest BCUT2D eigenvalue weighted by Gasteiger charge is -2.11. The Bertz CT molecular complexity index is 720. The summed E-state index contributed by atoms with van der Waals surface area (Å²) in [5.41, 5.74) is 27.0. The molecule has 7 heteroatoms. The molecule has 0 radical (unpaired) electrons. The molecule has 19 heavy (non-hydrogen) atoms. The SMILES string of the molecule is Cl.Nc1c(N)c(N)c2nc3ccccc3nc2c1N. The minimum atomic E-state index is 0. The van der Waals surface area contributed by atoms with Crippen LogP contribution in [0, 0.1) is 0 Å². The molecule has 0 atom stereocenters. The van der Waals surface area contributed by atoms with Crippen LogP contribution in [0.2, 0.25) is 0 Å². The lowest BCUT2D eigenvalue weighted by Crippen LogP contribution is -2.07. The lowest BCUT2D eigenvalue weighted by molar-refractivity contribution is 1.40. The first-order chi connectivity index (χ1) is 8.59. The van der Waals surface area contributed by atoms with Crippen LogP contribution >= 0.6 is 12.4 Å². The van der Waals surface area contributed by atoms with Gasteiger partial charge in [0.2, 0.25) is 0 Å². The van der Waals surface area contributed by atoms with Crippen LogP contribution in [0.4, 0.5) is 22.7 Å². The largest absolute Gasteiger partial charge is 0.395 e. The second-order valence-corrected chi connectivity index (χ2v) is 4.06. The minimum Gasteiger partial charge on any atom is -0.395 e.